The Morgan fingerprint density at radius 3 is 2.36 bits per heavy atom. The van der Waals surface area contributed by atoms with Gasteiger partial charge in [0.25, 0.3) is 5.91 Å². The third-order valence-electron chi connectivity index (χ3n) is 5.92. The first-order valence-electron chi connectivity index (χ1n) is 10.8. The van der Waals surface area contributed by atoms with Gasteiger partial charge in [-0.3, -0.25) is 9.59 Å². The number of fused-ring (bicyclic) bond motifs is 1. The van der Waals surface area contributed by atoms with Crippen LogP contribution in [0.3, 0.4) is 0 Å². The second-order valence-electron chi connectivity index (χ2n) is 8.98. The molecule has 1 heterocycles. The van der Waals surface area contributed by atoms with Crippen LogP contribution in [-0.2, 0) is 19.7 Å². The Kier molecular flexibility index (Phi) is 7.01. The van der Waals surface area contributed by atoms with Crippen molar-refractivity contribution in [2.45, 2.75) is 39.2 Å². The van der Waals surface area contributed by atoms with Gasteiger partial charge < -0.3 is 15.0 Å². The Balaban J connectivity index is 1.67. The number of nitrogens with zero attached hydrogens (tertiary/aromatic N) is 1. The van der Waals surface area contributed by atoms with E-state index in [0.717, 1.165) is 16.9 Å². The summed E-state index contributed by atoms with van der Waals surface area (Å²) in [6.07, 6.45) is 1.50. The highest BCUT2D eigenvalue weighted by atomic mass is 19.1. The number of anilines is 1. The lowest BCUT2D eigenvalue weighted by atomic mass is 9.83. The van der Waals surface area contributed by atoms with E-state index < -0.39 is 30.3 Å². The molecule has 0 saturated carbocycles. The maximum atomic E-state index is 13.9. The van der Waals surface area contributed by atoms with Crippen molar-refractivity contribution in [1.29, 1.82) is 0 Å². The van der Waals surface area contributed by atoms with E-state index in [9.17, 15) is 18.8 Å². The molecule has 174 valence electrons. The van der Waals surface area contributed by atoms with E-state index in [4.69, 9.17) is 4.74 Å². The van der Waals surface area contributed by atoms with Crippen molar-refractivity contribution < 1.29 is 23.5 Å². The second kappa shape index (κ2) is 9.57. The van der Waals surface area contributed by atoms with Gasteiger partial charge in [-0.15, -0.1) is 0 Å². The van der Waals surface area contributed by atoms with Crippen LogP contribution < -0.4 is 10.2 Å². The Labute approximate surface area is 193 Å². The minimum Gasteiger partial charge on any atom is -0.456 e. The van der Waals surface area contributed by atoms with Gasteiger partial charge in [-0.1, -0.05) is 58.0 Å². The van der Waals surface area contributed by atoms with Crippen LogP contribution in [0, 0.1) is 11.7 Å². The monoisotopic (exact) mass is 452 g/mol. The molecule has 33 heavy (non-hydrogen) atoms. The Hall–Kier alpha value is -3.48. The van der Waals surface area contributed by atoms with Gasteiger partial charge in [0, 0.05) is 29.9 Å². The number of carbonyl (C=O) groups is 3. The lowest BCUT2D eigenvalue weighted by molar-refractivity contribution is -0.150. The molecular weight excluding hydrogens is 423 g/mol. The van der Waals surface area contributed by atoms with E-state index >= 15 is 0 Å². The molecule has 0 spiro atoms. The third-order valence-corrected chi connectivity index (χ3v) is 5.92. The predicted molar refractivity (Wildman–Crippen MR) is 124 cm³/mol. The number of amides is 1. The van der Waals surface area contributed by atoms with Crippen molar-refractivity contribution in [3.8, 4) is 0 Å². The molecule has 0 bridgehead atoms. The molecule has 1 aliphatic rings. The summed E-state index contributed by atoms with van der Waals surface area (Å²) in [6, 6.07) is 12.4. The summed E-state index contributed by atoms with van der Waals surface area (Å²) in [7, 11) is 1.89. The van der Waals surface area contributed by atoms with Crippen molar-refractivity contribution in [2.75, 3.05) is 18.6 Å². The molecule has 0 saturated heterocycles. The van der Waals surface area contributed by atoms with Crippen molar-refractivity contribution in [3.63, 3.8) is 0 Å². The molecule has 1 amide bonds. The van der Waals surface area contributed by atoms with E-state index in [-0.39, 0.29) is 22.7 Å². The van der Waals surface area contributed by atoms with Gasteiger partial charge in [-0.2, -0.15) is 0 Å². The molecule has 1 N–H and O–H groups in total. The van der Waals surface area contributed by atoms with Crippen LogP contribution in [-0.4, -0.2) is 37.4 Å². The Morgan fingerprint density at radius 1 is 1.09 bits per heavy atom. The van der Waals surface area contributed by atoms with E-state index in [1.807, 2.05) is 50.1 Å². The van der Waals surface area contributed by atoms with Crippen molar-refractivity contribution >= 4 is 23.3 Å². The number of carbonyl (C=O) groups excluding carboxylic acids is 3. The number of esters is 1. The number of allylic oxidation sites excluding steroid dienone is 1. The first kappa shape index (κ1) is 24.2. The van der Waals surface area contributed by atoms with Gasteiger partial charge in [0.15, 0.2) is 12.4 Å². The average molecular weight is 453 g/mol. The number of hydrogen-bond donors (Lipinski definition) is 1. The summed E-state index contributed by atoms with van der Waals surface area (Å²) in [6.45, 7) is 7.07. The Bertz CT molecular complexity index is 1110. The number of hydrogen-bond acceptors (Lipinski definition) is 5. The maximum absolute atomic E-state index is 13.9. The zero-order valence-electron chi connectivity index (χ0n) is 19.5. The lowest BCUT2D eigenvalue weighted by Gasteiger charge is -2.24. The summed E-state index contributed by atoms with van der Waals surface area (Å²) < 4.78 is 19.1. The predicted octanol–water partition coefficient (Wildman–Crippen LogP) is 4.00. The molecule has 1 atom stereocenters. The van der Waals surface area contributed by atoms with Crippen LogP contribution in [0.25, 0.3) is 0 Å². The number of halogens is 1. The second-order valence-corrected chi connectivity index (χ2v) is 8.98. The van der Waals surface area contributed by atoms with Gasteiger partial charge in [-0.05, 0) is 29.7 Å². The normalized spacial score (nSPS) is 16.5. The molecule has 6 nitrogen and oxygen atoms in total. The van der Waals surface area contributed by atoms with Gasteiger partial charge in [0.1, 0.15) is 11.9 Å². The summed E-state index contributed by atoms with van der Waals surface area (Å²) in [4.78, 5) is 39.7. The Morgan fingerprint density at radius 2 is 1.73 bits per heavy atom. The molecule has 1 aliphatic heterocycles. The van der Waals surface area contributed by atoms with Gasteiger partial charge in [-0.25, -0.2) is 9.18 Å². The highest BCUT2D eigenvalue weighted by molar-refractivity contribution is 5.98. The fourth-order valence-electron chi connectivity index (χ4n) is 4.05. The minimum absolute atomic E-state index is 0.164. The minimum atomic E-state index is -1.02. The van der Waals surface area contributed by atoms with Gasteiger partial charge in [0.2, 0.25) is 0 Å². The molecule has 2 aromatic carbocycles. The first-order chi connectivity index (χ1) is 15.5. The highest BCUT2D eigenvalue weighted by Crippen LogP contribution is 2.46. The molecule has 0 aliphatic carbocycles. The molecule has 2 aromatic rings. The fourth-order valence-corrected chi connectivity index (χ4v) is 4.05. The smallest absolute Gasteiger partial charge is 0.329 e. The third kappa shape index (κ3) is 4.97. The van der Waals surface area contributed by atoms with E-state index in [1.165, 1.54) is 30.3 Å². The molecule has 7 heteroatoms. The van der Waals surface area contributed by atoms with Crippen LogP contribution in [0.5, 0.6) is 0 Å². The molecule has 0 fully saturated rings. The fraction of sp³-hybridized carbons (Fsp3) is 0.346. The molecule has 1 unspecified atom stereocenters. The van der Waals surface area contributed by atoms with E-state index in [1.54, 1.807) is 13.8 Å². The number of ether oxygens (including phenoxy) is 1. The lowest BCUT2D eigenvalue weighted by Crippen LogP contribution is -2.46. The van der Waals surface area contributed by atoms with Crippen molar-refractivity contribution in [2.24, 2.45) is 5.92 Å². The number of likely N-dealkylation sites (N-methyl/N-ethyl adjacent to an activating group) is 1. The number of benzene rings is 2. The number of para-hydroxylation sites is 1. The summed E-state index contributed by atoms with van der Waals surface area (Å²) in [5, 5.41) is 2.51. The van der Waals surface area contributed by atoms with Crippen LogP contribution in [0.15, 0.2) is 60.3 Å². The zero-order chi connectivity index (χ0) is 24.3. The van der Waals surface area contributed by atoms with Crippen LogP contribution in [0.1, 0.15) is 43.6 Å². The van der Waals surface area contributed by atoms with Crippen molar-refractivity contribution in [1.82, 2.24) is 5.32 Å². The molecule has 3 rings (SSSR count). The topological polar surface area (TPSA) is 75.7 Å². The average Bonchev–Trinajstić information content (AvgIpc) is 2.96. The first-order valence-corrected chi connectivity index (χ1v) is 10.8. The largest absolute Gasteiger partial charge is 0.456 e. The van der Waals surface area contributed by atoms with Crippen LogP contribution in [0.4, 0.5) is 10.1 Å². The van der Waals surface area contributed by atoms with Gasteiger partial charge in [0.05, 0.1) is 5.56 Å². The maximum Gasteiger partial charge on any atom is 0.329 e. The van der Waals surface area contributed by atoms with E-state index in [0.29, 0.717) is 0 Å². The quantitative estimate of drug-likeness (QED) is 0.508. The highest BCUT2D eigenvalue weighted by Gasteiger charge is 2.38. The van der Waals surface area contributed by atoms with E-state index in [2.05, 4.69) is 5.32 Å². The number of ketones is 1. The van der Waals surface area contributed by atoms with Crippen LogP contribution >= 0.6 is 0 Å². The zero-order valence-corrected chi connectivity index (χ0v) is 19.5. The standard InChI is InChI=1S/C26H29FN2O4/c1-16(2)23(28-24(31)18-10-6-8-12-20(18)27)25(32)33-15-17(30)14-22-26(3,4)19-11-7-9-13-21(19)29(22)5/h6-14,16,23H,15H2,1-5H3,(H,28,31). The van der Waals surface area contributed by atoms with Gasteiger partial charge >= 0.3 is 5.97 Å². The molecule has 0 aromatic heterocycles. The van der Waals surface area contributed by atoms with Crippen molar-refractivity contribution in [3.05, 3.63) is 77.2 Å². The number of nitrogens with one attached hydrogen (secondary N) is 1. The molecular formula is C26H29FN2O4. The molecule has 0 radical (unpaired) electrons. The summed E-state index contributed by atoms with van der Waals surface area (Å²) in [5.41, 5.74) is 2.40. The summed E-state index contributed by atoms with van der Waals surface area (Å²) >= 11 is 0. The summed E-state index contributed by atoms with van der Waals surface area (Å²) in [5.74, 6) is -2.84. The SMILES string of the molecule is CC(C)C(NC(=O)c1ccccc1F)C(=O)OCC(=O)C=C1N(C)c2ccccc2C1(C)C. The number of rotatable bonds is 7. The van der Waals surface area contributed by atoms with Crippen LogP contribution in [0.2, 0.25) is 0 Å².